The van der Waals surface area contributed by atoms with Gasteiger partial charge in [-0.25, -0.2) is 4.68 Å². The van der Waals surface area contributed by atoms with Crippen LogP contribution in [0.3, 0.4) is 0 Å². The van der Waals surface area contributed by atoms with Crippen LogP contribution in [0.15, 0.2) is 6.20 Å². The first-order valence-corrected chi connectivity index (χ1v) is 7.52. The van der Waals surface area contributed by atoms with Gasteiger partial charge in [-0.1, -0.05) is 44.2 Å². The van der Waals surface area contributed by atoms with Crippen LogP contribution in [-0.4, -0.2) is 26.2 Å². The van der Waals surface area contributed by atoms with Crippen LogP contribution in [0, 0.1) is 5.92 Å². The summed E-state index contributed by atoms with van der Waals surface area (Å²) in [5, 5.41) is 18.3. The van der Waals surface area contributed by atoms with Gasteiger partial charge < -0.3 is 10.8 Å². The van der Waals surface area contributed by atoms with Crippen LogP contribution >= 0.6 is 0 Å². The lowest BCUT2D eigenvalue weighted by Crippen LogP contribution is -2.19. The molecule has 1 aliphatic rings. The smallest absolute Gasteiger partial charge is 0.0994 e. The highest BCUT2D eigenvalue weighted by atomic mass is 16.3. The molecule has 0 radical (unpaired) electrons. The third-order valence-corrected chi connectivity index (χ3v) is 4.01. The van der Waals surface area contributed by atoms with Crippen LogP contribution in [-0.2, 0) is 6.54 Å². The van der Waals surface area contributed by atoms with Crippen molar-refractivity contribution in [2.75, 3.05) is 0 Å². The Kier molecular flexibility index (Phi) is 5.34. The molecule has 5 nitrogen and oxygen atoms in total. The molecule has 2 atom stereocenters. The molecule has 1 heterocycles. The molecule has 19 heavy (non-hydrogen) atoms. The molecule has 0 aliphatic heterocycles. The number of hydrogen-bond donors (Lipinski definition) is 2. The van der Waals surface area contributed by atoms with Crippen LogP contribution in [0.25, 0.3) is 0 Å². The van der Waals surface area contributed by atoms with Crippen molar-refractivity contribution >= 4 is 0 Å². The normalized spacial score (nSPS) is 19.7. The number of aromatic nitrogens is 3. The minimum Gasteiger partial charge on any atom is -0.391 e. The summed E-state index contributed by atoms with van der Waals surface area (Å²) in [6.45, 7) is 2.64. The van der Waals surface area contributed by atoms with Crippen molar-refractivity contribution in [2.24, 2.45) is 11.7 Å². The monoisotopic (exact) mass is 266 g/mol. The number of nitrogens with two attached hydrogens (primary N) is 1. The minimum atomic E-state index is -0.319. The maximum atomic E-state index is 10.1. The highest BCUT2D eigenvalue weighted by Crippen LogP contribution is 2.28. The molecule has 0 amide bonds. The van der Waals surface area contributed by atoms with Gasteiger partial charge in [-0.05, 0) is 18.8 Å². The lowest BCUT2D eigenvalue weighted by Gasteiger charge is -2.14. The van der Waals surface area contributed by atoms with E-state index in [0.717, 1.165) is 25.0 Å². The summed E-state index contributed by atoms with van der Waals surface area (Å²) in [7, 11) is 0. The quantitative estimate of drug-likeness (QED) is 0.791. The standard InChI is InChI=1S/C14H26N4O/c1-2-5-13(15)14-10-18(17-16-14)9-12(19)8-11-6-3-4-7-11/h10-13,19H,2-9,15H2,1H3. The van der Waals surface area contributed by atoms with E-state index < -0.39 is 0 Å². The van der Waals surface area contributed by atoms with E-state index in [-0.39, 0.29) is 12.1 Å². The lowest BCUT2D eigenvalue weighted by atomic mass is 10.0. The van der Waals surface area contributed by atoms with E-state index in [1.54, 1.807) is 4.68 Å². The number of aliphatic hydroxyl groups is 1. The molecule has 1 fully saturated rings. The highest BCUT2D eigenvalue weighted by molar-refractivity contribution is 4.99. The lowest BCUT2D eigenvalue weighted by molar-refractivity contribution is 0.120. The Hall–Kier alpha value is -0.940. The molecule has 0 spiro atoms. The fraction of sp³-hybridized carbons (Fsp3) is 0.857. The Balaban J connectivity index is 1.81. The second-order valence-corrected chi connectivity index (χ2v) is 5.80. The Morgan fingerprint density at radius 3 is 2.89 bits per heavy atom. The molecular weight excluding hydrogens is 240 g/mol. The fourth-order valence-electron chi connectivity index (χ4n) is 2.95. The summed E-state index contributed by atoms with van der Waals surface area (Å²) in [6, 6.07) is -0.0364. The Bertz CT molecular complexity index is 373. The fourth-order valence-corrected chi connectivity index (χ4v) is 2.95. The summed E-state index contributed by atoms with van der Waals surface area (Å²) in [5.74, 6) is 0.695. The van der Waals surface area contributed by atoms with Gasteiger partial charge in [0.1, 0.15) is 0 Å². The predicted molar refractivity (Wildman–Crippen MR) is 74.4 cm³/mol. The van der Waals surface area contributed by atoms with Crippen molar-refractivity contribution in [1.29, 1.82) is 0 Å². The van der Waals surface area contributed by atoms with Gasteiger partial charge in [0, 0.05) is 0 Å². The van der Waals surface area contributed by atoms with E-state index in [9.17, 15) is 5.11 Å². The zero-order valence-corrected chi connectivity index (χ0v) is 11.8. The number of hydrogen-bond acceptors (Lipinski definition) is 4. The van der Waals surface area contributed by atoms with Gasteiger partial charge in [0.25, 0.3) is 0 Å². The van der Waals surface area contributed by atoms with Crippen molar-refractivity contribution in [2.45, 2.75) is 70.6 Å². The minimum absolute atomic E-state index is 0.0364. The zero-order chi connectivity index (χ0) is 13.7. The molecular formula is C14H26N4O. The van der Waals surface area contributed by atoms with Gasteiger partial charge in [0.05, 0.1) is 30.6 Å². The average molecular weight is 266 g/mol. The second-order valence-electron chi connectivity index (χ2n) is 5.80. The molecule has 3 N–H and O–H groups in total. The van der Waals surface area contributed by atoms with Crippen LogP contribution in [0.1, 0.15) is 63.6 Å². The van der Waals surface area contributed by atoms with Gasteiger partial charge in [-0.15, -0.1) is 5.10 Å². The van der Waals surface area contributed by atoms with Crippen LogP contribution in [0.4, 0.5) is 0 Å². The number of aliphatic hydroxyl groups excluding tert-OH is 1. The van der Waals surface area contributed by atoms with E-state index >= 15 is 0 Å². The number of nitrogens with zero attached hydrogens (tertiary/aromatic N) is 3. The summed E-state index contributed by atoms with van der Waals surface area (Å²) < 4.78 is 1.73. The molecule has 5 heteroatoms. The van der Waals surface area contributed by atoms with Gasteiger partial charge in [0.15, 0.2) is 0 Å². The molecule has 1 aliphatic carbocycles. The predicted octanol–water partition coefficient (Wildman–Crippen LogP) is 2.02. The third-order valence-electron chi connectivity index (χ3n) is 4.01. The average Bonchev–Trinajstić information content (AvgIpc) is 3.00. The molecule has 1 aromatic rings. The summed E-state index contributed by atoms with van der Waals surface area (Å²) in [5.41, 5.74) is 6.83. The molecule has 2 unspecified atom stereocenters. The van der Waals surface area contributed by atoms with Crippen LogP contribution in [0.2, 0.25) is 0 Å². The van der Waals surface area contributed by atoms with Gasteiger partial charge in [0.2, 0.25) is 0 Å². The molecule has 108 valence electrons. The first kappa shape index (κ1) is 14.5. The van der Waals surface area contributed by atoms with Gasteiger partial charge in [-0.2, -0.15) is 0 Å². The summed E-state index contributed by atoms with van der Waals surface area (Å²) >= 11 is 0. The highest BCUT2D eigenvalue weighted by Gasteiger charge is 2.19. The maximum Gasteiger partial charge on any atom is 0.0994 e. The van der Waals surface area contributed by atoms with Gasteiger partial charge >= 0.3 is 0 Å². The van der Waals surface area contributed by atoms with Crippen LogP contribution in [0.5, 0.6) is 0 Å². The summed E-state index contributed by atoms with van der Waals surface area (Å²) in [6.07, 6.45) is 9.56. The van der Waals surface area contributed by atoms with Crippen LogP contribution < -0.4 is 5.73 Å². The molecule has 1 saturated carbocycles. The largest absolute Gasteiger partial charge is 0.391 e. The Morgan fingerprint density at radius 2 is 2.21 bits per heavy atom. The SMILES string of the molecule is CCCC(N)c1cn(CC(O)CC2CCCC2)nn1. The van der Waals surface area contributed by atoms with Crippen molar-refractivity contribution in [3.63, 3.8) is 0 Å². The van der Waals surface area contributed by atoms with E-state index in [2.05, 4.69) is 17.2 Å². The van der Waals surface area contributed by atoms with E-state index in [0.29, 0.717) is 12.5 Å². The first-order valence-electron chi connectivity index (χ1n) is 7.52. The molecule has 0 saturated heterocycles. The van der Waals surface area contributed by atoms with Crippen molar-refractivity contribution in [3.8, 4) is 0 Å². The zero-order valence-electron chi connectivity index (χ0n) is 11.8. The molecule has 0 aromatic carbocycles. The van der Waals surface area contributed by atoms with Crippen molar-refractivity contribution in [3.05, 3.63) is 11.9 Å². The van der Waals surface area contributed by atoms with E-state index in [1.165, 1.54) is 25.7 Å². The topological polar surface area (TPSA) is 77.0 Å². The Morgan fingerprint density at radius 1 is 1.47 bits per heavy atom. The van der Waals surface area contributed by atoms with Crippen molar-refractivity contribution in [1.82, 2.24) is 15.0 Å². The van der Waals surface area contributed by atoms with Crippen molar-refractivity contribution < 1.29 is 5.11 Å². The summed E-state index contributed by atoms with van der Waals surface area (Å²) in [4.78, 5) is 0. The van der Waals surface area contributed by atoms with E-state index in [1.807, 2.05) is 6.20 Å². The Labute approximate surface area is 115 Å². The second kappa shape index (κ2) is 7.01. The number of rotatable bonds is 7. The van der Waals surface area contributed by atoms with E-state index in [4.69, 9.17) is 5.73 Å². The van der Waals surface area contributed by atoms with Gasteiger partial charge in [-0.3, -0.25) is 0 Å². The maximum absolute atomic E-state index is 10.1. The molecule has 0 bridgehead atoms. The first-order chi connectivity index (χ1) is 9.19. The molecule has 2 rings (SSSR count). The third kappa shape index (κ3) is 4.28. The molecule has 1 aromatic heterocycles.